The monoisotopic (exact) mass is 296 g/mol. The van der Waals surface area contributed by atoms with E-state index in [9.17, 15) is 4.79 Å². The van der Waals surface area contributed by atoms with Crippen LogP contribution in [0, 0.1) is 20.8 Å². The molecule has 0 N–H and O–H groups in total. The molecule has 114 valence electrons. The first kappa shape index (κ1) is 14.5. The van der Waals surface area contributed by atoms with E-state index in [2.05, 4.69) is 10.1 Å². The summed E-state index contributed by atoms with van der Waals surface area (Å²) in [7, 11) is 0. The lowest BCUT2D eigenvalue weighted by Crippen LogP contribution is -2.27. The van der Waals surface area contributed by atoms with Gasteiger partial charge in [0.25, 0.3) is 5.56 Å². The third kappa shape index (κ3) is 2.43. The van der Waals surface area contributed by atoms with Crippen LogP contribution in [0.1, 0.15) is 29.9 Å². The van der Waals surface area contributed by atoms with Crippen LogP contribution >= 0.6 is 0 Å². The van der Waals surface area contributed by atoms with E-state index in [-0.39, 0.29) is 11.6 Å². The van der Waals surface area contributed by atoms with Crippen molar-refractivity contribution in [2.45, 2.75) is 40.3 Å². The Kier molecular flexibility index (Phi) is 3.56. The van der Waals surface area contributed by atoms with Crippen LogP contribution in [0.25, 0.3) is 10.9 Å². The highest BCUT2D eigenvalue weighted by Crippen LogP contribution is 2.14. The number of aromatic nitrogens is 4. The van der Waals surface area contributed by atoms with Crippen LogP contribution in [0.3, 0.4) is 0 Å². The molecule has 0 spiro atoms. The summed E-state index contributed by atoms with van der Waals surface area (Å²) in [6.45, 7) is 8.64. The van der Waals surface area contributed by atoms with Crippen LogP contribution in [0.2, 0.25) is 0 Å². The molecule has 2 heterocycles. The topological polar surface area (TPSA) is 52.7 Å². The Labute approximate surface area is 129 Å². The lowest BCUT2D eigenvalue weighted by molar-refractivity contribution is 0.419. The van der Waals surface area contributed by atoms with Gasteiger partial charge in [0.2, 0.25) is 0 Å². The Morgan fingerprint density at radius 1 is 1.23 bits per heavy atom. The Balaban J connectivity index is 2.01. The van der Waals surface area contributed by atoms with Crippen LogP contribution in [-0.2, 0) is 6.54 Å². The minimum atomic E-state index is -0.0112. The van der Waals surface area contributed by atoms with Gasteiger partial charge in [-0.15, -0.1) is 0 Å². The van der Waals surface area contributed by atoms with Crippen molar-refractivity contribution in [1.82, 2.24) is 19.3 Å². The van der Waals surface area contributed by atoms with Crippen molar-refractivity contribution in [3.05, 3.63) is 57.9 Å². The lowest BCUT2D eigenvalue weighted by atomic mass is 10.1. The molecule has 0 saturated heterocycles. The number of nitrogens with zero attached hydrogens (tertiary/aromatic N) is 4. The summed E-state index contributed by atoms with van der Waals surface area (Å²) in [6.07, 6.45) is 1.65. The fourth-order valence-corrected chi connectivity index (χ4v) is 2.83. The predicted octanol–water partition coefficient (Wildman–Crippen LogP) is 2.78. The fraction of sp³-hybridized carbons (Fsp3) is 0.353. The van der Waals surface area contributed by atoms with Gasteiger partial charge in [0.1, 0.15) is 0 Å². The second kappa shape index (κ2) is 5.40. The molecule has 3 aromatic rings. The van der Waals surface area contributed by atoms with Crippen LogP contribution in [-0.4, -0.2) is 19.3 Å². The maximum atomic E-state index is 12.7. The summed E-state index contributed by atoms with van der Waals surface area (Å²) >= 11 is 0. The molecule has 0 aliphatic carbocycles. The quantitative estimate of drug-likeness (QED) is 0.747. The summed E-state index contributed by atoms with van der Waals surface area (Å²) in [4.78, 5) is 17.2. The standard InChI is InChI=1S/C17H20N4O/c1-11-6-5-7-15-16(11)18-10-20(17(15)22)14(4)9-21-13(3)8-12(2)19-21/h5-8,10,14H,9H2,1-4H3/t14-/m1/s1. The van der Waals surface area contributed by atoms with Crippen molar-refractivity contribution in [3.63, 3.8) is 0 Å². The summed E-state index contributed by atoms with van der Waals surface area (Å²) < 4.78 is 3.63. The molecular weight excluding hydrogens is 276 g/mol. The summed E-state index contributed by atoms with van der Waals surface area (Å²) in [6, 6.07) is 7.74. The van der Waals surface area contributed by atoms with Crippen molar-refractivity contribution in [1.29, 1.82) is 0 Å². The van der Waals surface area contributed by atoms with Crippen LogP contribution in [0.4, 0.5) is 0 Å². The highest BCUT2D eigenvalue weighted by Gasteiger charge is 2.13. The molecule has 3 rings (SSSR count). The second-order valence-corrected chi connectivity index (χ2v) is 5.89. The van der Waals surface area contributed by atoms with Crippen LogP contribution in [0.15, 0.2) is 35.4 Å². The highest BCUT2D eigenvalue weighted by molar-refractivity contribution is 5.80. The Morgan fingerprint density at radius 3 is 2.68 bits per heavy atom. The molecule has 5 nitrogen and oxygen atoms in total. The third-order valence-electron chi connectivity index (χ3n) is 4.03. The van der Waals surface area contributed by atoms with E-state index in [4.69, 9.17) is 0 Å². The predicted molar refractivity (Wildman–Crippen MR) is 87.2 cm³/mol. The largest absolute Gasteiger partial charge is 0.294 e. The van der Waals surface area contributed by atoms with Gasteiger partial charge >= 0.3 is 0 Å². The zero-order valence-electron chi connectivity index (χ0n) is 13.4. The minimum Gasteiger partial charge on any atom is -0.294 e. The first-order valence-corrected chi connectivity index (χ1v) is 7.45. The molecule has 0 fully saturated rings. The number of aryl methyl sites for hydroxylation is 3. The molecule has 0 aliphatic rings. The van der Waals surface area contributed by atoms with Gasteiger partial charge in [-0.2, -0.15) is 5.10 Å². The number of benzene rings is 1. The summed E-state index contributed by atoms with van der Waals surface area (Å²) in [5.41, 5.74) is 3.89. The molecule has 0 aliphatic heterocycles. The molecule has 0 saturated carbocycles. The van der Waals surface area contributed by atoms with Gasteiger partial charge in [-0.3, -0.25) is 14.0 Å². The second-order valence-electron chi connectivity index (χ2n) is 5.89. The molecule has 0 bridgehead atoms. The van der Waals surface area contributed by atoms with Gasteiger partial charge in [0, 0.05) is 5.69 Å². The van der Waals surface area contributed by atoms with Gasteiger partial charge in [0.15, 0.2) is 0 Å². The van der Waals surface area contributed by atoms with Gasteiger partial charge in [0.05, 0.1) is 35.5 Å². The molecule has 22 heavy (non-hydrogen) atoms. The van der Waals surface area contributed by atoms with E-state index in [0.29, 0.717) is 11.9 Å². The SMILES string of the molecule is Cc1cc(C)n(C[C@@H](C)n2cnc3c(C)cccc3c2=O)n1. The number of para-hydroxylation sites is 1. The van der Waals surface area contributed by atoms with E-state index < -0.39 is 0 Å². The van der Waals surface area contributed by atoms with Crippen molar-refractivity contribution in [2.75, 3.05) is 0 Å². The molecule has 5 heteroatoms. The maximum absolute atomic E-state index is 12.7. The smallest absolute Gasteiger partial charge is 0.261 e. The lowest BCUT2D eigenvalue weighted by Gasteiger charge is -2.16. The van der Waals surface area contributed by atoms with Crippen molar-refractivity contribution in [2.24, 2.45) is 0 Å². The van der Waals surface area contributed by atoms with Crippen molar-refractivity contribution in [3.8, 4) is 0 Å². The highest BCUT2D eigenvalue weighted by atomic mass is 16.1. The number of fused-ring (bicyclic) bond motifs is 1. The van der Waals surface area contributed by atoms with Crippen molar-refractivity contribution < 1.29 is 0 Å². The Morgan fingerprint density at radius 2 is 2.00 bits per heavy atom. The summed E-state index contributed by atoms with van der Waals surface area (Å²) in [5, 5.41) is 5.13. The first-order chi connectivity index (χ1) is 10.5. The Bertz CT molecular complexity index is 891. The molecule has 1 atom stereocenters. The normalized spacial score (nSPS) is 12.7. The molecule has 0 amide bonds. The molecule has 0 unspecified atom stereocenters. The van der Waals surface area contributed by atoms with Crippen molar-refractivity contribution >= 4 is 10.9 Å². The third-order valence-corrected chi connectivity index (χ3v) is 4.03. The summed E-state index contributed by atoms with van der Waals surface area (Å²) in [5.74, 6) is 0. The van der Waals surface area contributed by atoms with Crippen LogP contribution in [0.5, 0.6) is 0 Å². The average molecular weight is 296 g/mol. The minimum absolute atomic E-state index is 0.00253. The van der Waals surface area contributed by atoms with E-state index in [1.807, 2.05) is 56.6 Å². The van der Waals surface area contributed by atoms with E-state index in [1.165, 1.54) is 0 Å². The van der Waals surface area contributed by atoms with Gasteiger partial charge in [-0.25, -0.2) is 4.98 Å². The van der Waals surface area contributed by atoms with E-state index in [1.54, 1.807) is 10.9 Å². The molecule has 1 aromatic carbocycles. The molecular formula is C17H20N4O. The number of hydrogen-bond acceptors (Lipinski definition) is 3. The zero-order chi connectivity index (χ0) is 15.9. The average Bonchev–Trinajstić information content (AvgIpc) is 2.78. The number of rotatable bonds is 3. The van der Waals surface area contributed by atoms with Gasteiger partial charge in [-0.05, 0) is 45.4 Å². The van der Waals surface area contributed by atoms with Gasteiger partial charge < -0.3 is 0 Å². The fourth-order valence-electron chi connectivity index (χ4n) is 2.83. The van der Waals surface area contributed by atoms with E-state index >= 15 is 0 Å². The zero-order valence-corrected chi connectivity index (χ0v) is 13.4. The maximum Gasteiger partial charge on any atom is 0.261 e. The molecule has 2 aromatic heterocycles. The Hall–Kier alpha value is -2.43. The molecule has 0 radical (unpaired) electrons. The van der Waals surface area contributed by atoms with Crippen LogP contribution < -0.4 is 5.56 Å². The first-order valence-electron chi connectivity index (χ1n) is 7.45. The van der Waals surface area contributed by atoms with Gasteiger partial charge in [-0.1, -0.05) is 12.1 Å². The number of hydrogen-bond donors (Lipinski definition) is 0. The van der Waals surface area contributed by atoms with E-state index in [0.717, 1.165) is 22.5 Å².